The Labute approximate surface area is 259 Å². The van der Waals surface area contributed by atoms with Gasteiger partial charge in [-0.3, -0.25) is 4.79 Å². The van der Waals surface area contributed by atoms with Gasteiger partial charge in [-0.05, 0) is 61.8 Å². The van der Waals surface area contributed by atoms with E-state index in [1.807, 2.05) is 76.7 Å². The predicted octanol–water partition coefficient (Wildman–Crippen LogP) is 4.39. The van der Waals surface area contributed by atoms with Crippen molar-refractivity contribution in [2.75, 3.05) is 70.3 Å². The topological polar surface area (TPSA) is 84.1 Å². The number of carbonyl (C=O) groups excluding carboxylic acids is 2. The number of fused-ring (bicyclic) bond motifs is 2. The van der Waals surface area contributed by atoms with E-state index in [1.165, 1.54) is 5.56 Å². The second-order valence-corrected chi connectivity index (χ2v) is 12.1. The van der Waals surface area contributed by atoms with E-state index in [1.54, 1.807) is 7.11 Å². The van der Waals surface area contributed by atoms with Gasteiger partial charge in [-0.1, -0.05) is 48.5 Å². The number of ether oxygens (including phenoxy) is 1. The minimum atomic E-state index is -0.722. The van der Waals surface area contributed by atoms with Crippen LogP contribution in [0.15, 0.2) is 79.0 Å². The number of anilines is 2. The van der Waals surface area contributed by atoms with Gasteiger partial charge in [-0.2, -0.15) is 0 Å². The predicted molar refractivity (Wildman–Crippen MR) is 176 cm³/mol. The summed E-state index contributed by atoms with van der Waals surface area (Å²) >= 11 is 0. The van der Waals surface area contributed by atoms with Gasteiger partial charge >= 0.3 is 6.03 Å². The molecular formula is C35H42N6O3. The molecular weight excluding hydrogens is 552 g/mol. The van der Waals surface area contributed by atoms with Gasteiger partial charge < -0.3 is 34.6 Å². The lowest BCUT2D eigenvalue weighted by molar-refractivity contribution is -0.120. The zero-order valence-electron chi connectivity index (χ0n) is 25.8. The van der Waals surface area contributed by atoms with Crippen molar-refractivity contribution in [2.24, 2.45) is 5.92 Å². The number of para-hydroxylation sites is 4. The molecule has 3 heterocycles. The number of rotatable bonds is 8. The lowest BCUT2D eigenvalue weighted by Gasteiger charge is -2.39. The molecule has 4 aromatic rings. The molecule has 3 amide bonds. The monoisotopic (exact) mass is 594 g/mol. The molecule has 1 aromatic heterocycles. The van der Waals surface area contributed by atoms with Gasteiger partial charge in [0.1, 0.15) is 11.8 Å². The van der Waals surface area contributed by atoms with E-state index >= 15 is 0 Å². The molecule has 2 atom stereocenters. The van der Waals surface area contributed by atoms with E-state index in [4.69, 9.17) is 4.74 Å². The number of hydrogen-bond acceptors (Lipinski definition) is 5. The minimum absolute atomic E-state index is 0.0767. The summed E-state index contributed by atoms with van der Waals surface area (Å²) in [4.78, 5) is 39.8. The number of urea groups is 1. The van der Waals surface area contributed by atoms with E-state index in [0.29, 0.717) is 45.1 Å². The van der Waals surface area contributed by atoms with Crippen molar-refractivity contribution in [3.63, 3.8) is 0 Å². The Morgan fingerprint density at radius 3 is 2.43 bits per heavy atom. The number of nitrogens with one attached hydrogen (secondary N) is 2. The smallest absolute Gasteiger partial charge is 0.318 e. The van der Waals surface area contributed by atoms with Crippen molar-refractivity contribution in [3.8, 4) is 5.75 Å². The van der Waals surface area contributed by atoms with Gasteiger partial charge in [-0.25, -0.2) is 4.79 Å². The summed E-state index contributed by atoms with van der Waals surface area (Å²) in [5, 5.41) is 4.24. The maximum absolute atomic E-state index is 14.5. The first-order valence-corrected chi connectivity index (χ1v) is 15.4. The number of aromatic amines is 1. The van der Waals surface area contributed by atoms with E-state index < -0.39 is 6.04 Å². The number of piperazine rings is 1. The maximum Gasteiger partial charge on any atom is 0.318 e. The number of hydrogen-bond donors (Lipinski definition) is 2. The van der Waals surface area contributed by atoms with Gasteiger partial charge in [0.15, 0.2) is 0 Å². The van der Waals surface area contributed by atoms with Crippen LogP contribution in [-0.2, 0) is 17.6 Å². The van der Waals surface area contributed by atoms with Gasteiger partial charge in [0.05, 0.1) is 12.8 Å². The van der Waals surface area contributed by atoms with Crippen LogP contribution in [0.25, 0.3) is 10.9 Å². The lowest BCUT2D eigenvalue weighted by atomic mass is 9.91. The molecule has 0 aliphatic carbocycles. The molecule has 2 aliphatic heterocycles. The number of methoxy groups -OCH3 is 1. The highest BCUT2D eigenvalue weighted by atomic mass is 16.5. The van der Waals surface area contributed by atoms with Crippen LogP contribution >= 0.6 is 0 Å². The van der Waals surface area contributed by atoms with E-state index in [-0.39, 0.29) is 11.9 Å². The molecule has 0 bridgehead atoms. The highest BCUT2D eigenvalue weighted by molar-refractivity contribution is 6.00. The number of nitrogens with zero attached hydrogens (tertiary/aromatic N) is 4. The summed E-state index contributed by atoms with van der Waals surface area (Å²) in [6, 6.07) is 23.3. The third kappa shape index (κ3) is 6.24. The highest BCUT2D eigenvalue weighted by Gasteiger charge is 2.35. The normalized spacial score (nSPS) is 17.5. The Morgan fingerprint density at radius 1 is 0.955 bits per heavy atom. The second kappa shape index (κ2) is 13.0. The van der Waals surface area contributed by atoms with E-state index in [2.05, 4.69) is 46.3 Å². The maximum atomic E-state index is 14.5. The van der Waals surface area contributed by atoms with Crippen LogP contribution in [0.5, 0.6) is 5.75 Å². The number of aromatic nitrogens is 1. The number of carbonyl (C=O) groups is 2. The first-order chi connectivity index (χ1) is 21.4. The van der Waals surface area contributed by atoms with Crippen LogP contribution in [0.2, 0.25) is 0 Å². The number of benzene rings is 3. The standard InChI is InChI=1S/C35H42N6O3/c1-38(2)23-25-20-26-10-4-7-13-31(26)41(24-25)34(42)30(21-27-22-36-29-12-6-5-11-28(27)29)37-35(43)40-18-16-39(17-19-40)32-14-8-9-15-33(32)44-3/h4-15,22,25,30,36H,16-21,23-24H2,1-3H3,(H,37,43). The molecule has 230 valence electrons. The SMILES string of the molecule is COc1ccccc1N1CCN(C(=O)NC(Cc2c[nH]c3ccccc23)C(=O)N2CC(CN(C)C)Cc3ccccc32)CC1. The zero-order valence-corrected chi connectivity index (χ0v) is 25.8. The van der Waals surface area contributed by atoms with E-state index in [9.17, 15) is 9.59 Å². The molecule has 9 heteroatoms. The Hall–Kier alpha value is -4.50. The van der Waals surface area contributed by atoms with Crippen LogP contribution in [0, 0.1) is 5.92 Å². The largest absolute Gasteiger partial charge is 0.495 e. The van der Waals surface area contributed by atoms with Crippen molar-refractivity contribution >= 4 is 34.2 Å². The Bertz CT molecular complexity index is 1610. The summed E-state index contributed by atoms with van der Waals surface area (Å²) < 4.78 is 5.56. The fourth-order valence-electron chi connectivity index (χ4n) is 6.72. The van der Waals surface area contributed by atoms with Crippen molar-refractivity contribution in [1.82, 2.24) is 20.1 Å². The molecule has 0 spiro atoms. The number of amides is 3. The van der Waals surface area contributed by atoms with Crippen LogP contribution in [0.3, 0.4) is 0 Å². The van der Waals surface area contributed by atoms with Crippen molar-refractivity contribution in [3.05, 3.63) is 90.1 Å². The summed E-state index contributed by atoms with van der Waals surface area (Å²) in [7, 11) is 5.82. The molecule has 2 unspecified atom stereocenters. The molecule has 44 heavy (non-hydrogen) atoms. The summed E-state index contributed by atoms with van der Waals surface area (Å²) in [5.41, 5.74) is 5.16. The molecule has 0 radical (unpaired) electrons. The van der Waals surface area contributed by atoms with Gasteiger partial charge in [0.2, 0.25) is 5.91 Å². The first-order valence-electron chi connectivity index (χ1n) is 15.4. The average Bonchev–Trinajstić information content (AvgIpc) is 3.46. The second-order valence-electron chi connectivity index (χ2n) is 12.1. The molecule has 3 aromatic carbocycles. The van der Waals surface area contributed by atoms with Gasteiger partial charge in [0, 0.05) is 68.5 Å². The Balaban J connectivity index is 1.23. The van der Waals surface area contributed by atoms with Crippen LogP contribution < -0.4 is 19.9 Å². The number of H-pyrrole nitrogens is 1. The molecule has 6 rings (SSSR count). The average molecular weight is 595 g/mol. The minimum Gasteiger partial charge on any atom is -0.495 e. The first kappa shape index (κ1) is 29.6. The quantitative estimate of drug-likeness (QED) is 0.316. The van der Waals surface area contributed by atoms with E-state index in [0.717, 1.165) is 46.6 Å². The molecule has 1 fully saturated rings. The van der Waals surface area contributed by atoms with Crippen LogP contribution in [-0.4, -0.2) is 93.2 Å². The van der Waals surface area contributed by atoms with Crippen molar-refractivity contribution in [2.45, 2.75) is 18.9 Å². The summed E-state index contributed by atoms with van der Waals surface area (Å²) in [6.07, 6.45) is 3.28. The lowest BCUT2D eigenvalue weighted by Crippen LogP contribution is -2.58. The highest BCUT2D eigenvalue weighted by Crippen LogP contribution is 2.32. The van der Waals surface area contributed by atoms with Gasteiger partial charge in [0.25, 0.3) is 0 Å². The summed E-state index contributed by atoms with van der Waals surface area (Å²) in [6.45, 7) is 3.96. The third-order valence-electron chi connectivity index (χ3n) is 8.81. The molecule has 9 nitrogen and oxygen atoms in total. The zero-order chi connectivity index (χ0) is 30.6. The van der Waals surface area contributed by atoms with Crippen molar-refractivity contribution in [1.29, 1.82) is 0 Å². The Morgan fingerprint density at radius 2 is 1.66 bits per heavy atom. The fourth-order valence-corrected chi connectivity index (χ4v) is 6.72. The Kier molecular flexibility index (Phi) is 8.74. The van der Waals surface area contributed by atoms with Crippen LogP contribution in [0.1, 0.15) is 11.1 Å². The van der Waals surface area contributed by atoms with Gasteiger partial charge in [-0.15, -0.1) is 0 Å². The fraction of sp³-hybridized carbons (Fsp3) is 0.371. The molecule has 2 N–H and O–H groups in total. The molecule has 1 saturated heterocycles. The molecule has 2 aliphatic rings. The van der Waals surface area contributed by atoms with Crippen LogP contribution in [0.4, 0.5) is 16.2 Å². The summed E-state index contributed by atoms with van der Waals surface area (Å²) in [5.74, 6) is 1.05. The third-order valence-corrected chi connectivity index (χ3v) is 8.81. The van der Waals surface area contributed by atoms with Crippen molar-refractivity contribution < 1.29 is 14.3 Å². The molecule has 0 saturated carbocycles.